The highest BCUT2D eigenvalue weighted by atomic mass is 32.5. The van der Waals surface area contributed by atoms with Gasteiger partial charge in [0.05, 0.1) is 13.2 Å². The zero-order valence-corrected chi connectivity index (χ0v) is 18.6. The Morgan fingerprint density at radius 3 is 1.16 bits per heavy atom. The van der Waals surface area contributed by atoms with Gasteiger partial charge in [-0.15, -0.1) is 0 Å². The molecule has 1 N–H and O–H groups in total. The lowest BCUT2D eigenvalue weighted by molar-refractivity contribution is 0.190. The van der Waals surface area contributed by atoms with E-state index in [-0.39, 0.29) is 0 Å². The summed E-state index contributed by atoms with van der Waals surface area (Å²) in [6, 6.07) is 0. The van der Waals surface area contributed by atoms with Gasteiger partial charge in [0.2, 0.25) is 0 Å². The molecule has 0 aliphatic heterocycles. The van der Waals surface area contributed by atoms with E-state index >= 15 is 0 Å². The topological polar surface area (TPSA) is 38.7 Å². The number of hydrogen-bond donors (Lipinski definition) is 1. The molecule has 0 spiro atoms. The van der Waals surface area contributed by atoms with Crippen LogP contribution in [0.15, 0.2) is 0 Å². The number of hydrogen-bond acceptors (Lipinski definition) is 3. The molecular weight excluding hydrogens is 351 g/mol. The van der Waals surface area contributed by atoms with Crippen molar-refractivity contribution < 1.29 is 13.9 Å². The van der Waals surface area contributed by atoms with Crippen LogP contribution >= 0.6 is 6.72 Å². The SMILES string of the molecule is CCCCCCCCCCOP(O)(=S)OCCCCCCCCCC. The maximum Gasteiger partial charge on any atom is 0.324 e. The number of rotatable bonds is 20. The quantitative estimate of drug-likeness (QED) is 0.171. The Kier molecular flexibility index (Phi) is 19.7. The Morgan fingerprint density at radius 1 is 0.560 bits per heavy atom. The molecule has 0 aromatic rings. The Bertz CT molecular complexity index is 287. The molecule has 0 radical (unpaired) electrons. The van der Waals surface area contributed by atoms with Crippen LogP contribution in [0.2, 0.25) is 0 Å². The lowest BCUT2D eigenvalue weighted by Crippen LogP contribution is -1.99. The van der Waals surface area contributed by atoms with Gasteiger partial charge in [0.25, 0.3) is 0 Å². The standard InChI is InChI=1S/C20H43O3PS/c1-3-5-7-9-11-13-15-17-19-22-24(21,25)23-20-18-16-14-12-10-8-6-4-2/h3-20H2,1-2H3,(H,21,25). The molecule has 0 saturated heterocycles. The highest BCUT2D eigenvalue weighted by molar-refractivity contribution is 8.07. The molecular formula is C20H43O3PS. The summed E-state index contributed by atoms with van der Waals surface area (Å²) in [5.41, 5.74) is 0. The van der Waals surface area contributed by atoms with E-state index in [9.17, 15) is 4.89 Å². The summed E-state index contributed by atoms with van der Waals surface area (Å²) in [5.74, 6) is 0. The molecule has 5 heteroatoms. The van der Waals surface area contributed by atoms with Crippen molar-refractivity contribution in [3.05, 3.63) is 0 Å². The first-order valence-electron chi connectivity index (χ1n) is 10.7. The summed E-state index contributed by atoms with van der Waals surface area (Å²) >= 11 is 5.06. The fourth-order valence-corrected chi connectivity index (χ4v) is 4.11. The van der Waals surface area contributed by atoms with Gasteiger partial charge in [-0.1, -0.05) is 104 Å². The average Bonchev–Trinajstić information content (AvgIpc) is 2.59. The summed E-state index contributed by atoms with van der Waals surface area (Å²) in [6.45, 7) is 2.54. The predicted molar refractivity (Wildman–Crippen MR) is 114 cm³/mol. The van der Waals surface area contributed by atoms with Gasteiger partial charge in [0.15, 0.2) is 0 Å². The molecule has 25 heavy (non-hydrogen) atoms. The molecule has 0 aromatic carbocycles. The zero-order valence-electron chi connectivity index (χ0n) is 16.8. The van der Waals surface area contributed by atoms with E-state index in [1.807, 2.05) is 0 Å². The van der Waals surface area contributed by atoms with Crippen molar-refractivity contribution in [2.45, 2.75) is 117 Å². The van der Waals surface area contributed by atoms with Crippen LogP contribution in [-0.4, -0.2) is 18.1 Å². The van der Waals surface area contributed by atoms with Crippen LogP contribution in [0.3, 0.4) is 0 Å². The monoisotopic (exact) mass is 394 g/mol. The van der Waals surface area contributed by atoms with Crippen molar-refractivity contribution in [2.24, 2.45) is 0 Å². The molecule has 0 fully saturated rings. The van der Waals surface area contributed by atoms with Crippen LogP contribution in [0.4, 0.5) is 0 Å². The van der Waals surface area contributed by atoms with Crippen LogP contribution in [0.25, 0.3) is 0 Å². The first-order valence-corrected chi connectivity index (χ1v) is 13.3. The van der Waals surface area contributed by atoms with Crippen molar-refractivity contribution in [2.75, 3.05) is 13.2 Å². The van der Waals surface area contributed by atoms with E-state index in [2.05, 4.69) is 13.8 Å². The van der Waals surface area contributed by atoms with Crippen molar-refractivity contribution in [1.29, 1.82) is 0 Å². The summed E-state index contributed by atoms with van der Waals surface area (Å²) in [7, 11) is 0. The van der Waals surface area contributed by atoms with E-state index in [1.165, 1.54) is 77.0 Å². The van der Waals surface area contributed by atoms with Crippen LogP contribution in [0.5, 0.6) is 0 Å². The smallest absolute Gasteiger partial charge is 0.324 e. The highest BCUT2D eigenvalue weighted by Crippen LogP contribution is 2.43. The molecule has 0 bridgehead atoms. The molecule has 0 heterocycles. The molecule has 0 saturated carbocycles. The number of unbranched alkanes of at least 4 members (excludes halogenated alkanes) is 14. The fourth-order valence-electron chi connectivity index (χ4n) is 2.87. The van der Waals surface area contributed by atoms with Crippen molar-refractivity contribution in [3.8, 4) is 0 Å². The van der Waals surface area contributed by atoms with Gasteiger partial charge in [0.1, 0.15) is 0 Å². The van der Waals surface area contributed by atoms with Gasteiger partial charge < -0.3 is 13.9 Å². The van der Waals surface area contributed by atoms with Crippen LogP contribution in [0, 0.1) is 0 Å². The minimum absolute atomic E-state index is 0.528. The summed E-state index contributed by atoms with van der Waals surface area (Å²) in [6.07, 6.45) is 20.1. The van der Waals surface area contributed by atoms with E-state index in [1.54, 1.807) is 0 Å². The largest absolute Gasteiger partial charge is 0.324 e. The van der Waals surface area contributed by atoms with E-state index in [0.717, 1.165) is 25.7 Å². The van der Waals surface area contributed by atoms with Gasteiger partial charge in [-0.05, 0) is 24.6 Å². The van der Waals surface area contributed by atoms with Gasteiger partial charge in [-0.25, -0.2) is 0 Å². The molecule has 152 valence electrons. The van der Waals surface area contributed by atoms with Gasteiger partial charge in [-0.2, -0.15) is 0 Å². The minimum atomic E-state index is -3.00. The van der Waals surface area contributed by atoms with Crippen molar-refractivity contribution in [1.82, 2.24) is 0 Å². The summed E-state index contributed by atoms with van der Waals surface area (Å²) in [4.78, 5) is 10.00. The van der Waals surface area contributed by atoms with E-state index in [0.29, 0.717) is 13.2 Å². The molecule has 0 aliphatic carbocycles. The predicted octanol–water partition coefficient (Wildman–Crippen LogP) is 7.52. The molecule has 0 aromatic heterocycles. The third-order valence-electron chi connectivity index (χ3n) is 4.50. The summed E-state index contributed by atoms with van der Waals surface area (Å²) < 4.78 is 10.8. The van der Waals surface area contributed by atoms with Crippen LogP contribution in [-0.2, 0) is 20.9 Å². The fraction of sp³-hybridized carbons (Fsp3) is 1.00. The van der Waals surface area contributed by atoms with Crippen LogP contribution in [0.1, 0.15) is 117 Å². The second-order valence-corrected chi connectivity index (χ2v) is 9.92. The molecule has 0 amide bonds. The molecule has 3 nitrogen and oxygen atoms in total. The maximum absolute atomic E-state index is 10.00. The summed E-state index contributed by atoms with van der Waals surface area (Å²) in [5, 5.41) is 0. The average molecular weight is 395 g/mol. The Balaban J connectivity index is 3.34. The van der Waals surface area contributed by atoms with Crippen molar-refractivity contribution in [3.63, 3.8) is 0 Å². The second-order valence-electron chi connectivity index (χ2n) is 7.08. The lowest BCUT2D eigenvalue weighted by atomic mass is 10.1. The normalized spacial score (nSPS) is 12.0. The van der Waals surface area contributed by atoms with Gasteiger partial charge >= 0.3 is 6.72 Å². The highest BCUT2D eigenvalue weighted by Gasteiger charge is 2.14. The van der Waals surface area contributed by atoms with Crippen LogP contribution < -0.4 is 0 Å². The maximum atomic E-state index is 10.00. The first-order chi connectivity index (χ1) is 12.1. The van der Waals surface area contributed by atoms with Gasteiger partial charge in [-0.3, -0.25) is 0 Å². The van der Waals surface area contributed by atoms with Gasteiger partial charge in [0, 0.05) is 0 Å². The Morgan fingerprint density at radius 2 is 0.840 bits per heavy atom. The molecule has 0 atom stereocenters. The zero-order chi connectivity index (χ0) is 18.6. The molecule has 0 unspecified atom stereocenters. The third kappa shape index (κ3) is 20.7. The van der Waals surface area contributed by atoms with Crippen molar-refractivity contribution >= 4 is 18.5 Å². The first kappa shape index (κ1) is 25.5. The lowest BCUT2D eigenvalue weighted by Gasteiger charge is -2.15. The van der Waals surface area contributed by atoms with E-state index in [4.69, 9.17) is 20.9 Å². The van der Waals surface area contributed by atoms with E-state index < -0.39 is 6.72 Å². The second kappa shape index (κ2) is 19.3. The minimum Gasteiger partial charge on any atom is -0.324 e. The molecule has 0 rings (SSSR count). The third-order valence-corrected chi connectivity index (χ3v) is 6.15. The Hall–Kier alpha value is 0.530. The Labute approximate surface area is 162 Å². The molecule has 0 aliphatic rings.